The van der Waals surface area contributed by atoms with Crippen LogP contribution >= 0.6 is 0 Å². The van der Waals surface area contributed by atoms with Crippen molar-refractivity contribution in [2.45, 2.75) is 62.9 Å². The Bertz CT molecular complexity index is 676. The van der Waals surface area contributed by atoms with Crippen LogP contribution in [0.15, 0.2) is 0 Å². The summed E-state index contributed by atoms with van der Waals surface area (Å²) in [7, 11) is -6.40. The predicted molar refractivity (Wildman–Crippen MR) is 85.1 cm³/mol. The monoisotopic (exact) mass is 438 g/mol. The second kappa shape index (κ2) is 8.91. The molecular formula is C15H22F4O8S. The fraction of sp³-hybridized carbons (Fsp3) is 0.867. The maximum Gasteiger partial charge on any atom is 0.431 e. The van der Waals surface area contributed by atoms with Crippen molar-refractivity contribution in [1.82, 2.24) is 0 Å². The lowest BCUT2D eigenvalue weighted by molar-refractivity contribution is -0.246. The van der Waals surface area contributed by atoms with Crippen molar-refractivity contribution in [3.05, 3.63) is 0 Å². The van der Waals surface area contributed by atoms with Gasteiger partial charge in [-0.25, -0.2) is 4.79 Å². The summed E-state index contributed by atoms with van der Waals surface area (Å²) in [4.78, 5) is 24.2. The van der Waals surface area contributed by atoms with Crippen LogP contribution in [0.1, 0.15) is 46.0 Å². The van der Waals surface area contributed by atoms with Gasteiger partial charge in [-0.1, -0.05) is 12.8 Å². The summed E-state index contributed by atoms with van der Waals surface area (Å²) in [6.07, 6.45) is 0.615. The third kappa shape index (κ3) is 5.54. The number of hydrogen-bond donors (Lipinski definition) is 1. The smallest absolute Gasteiger partial charge is 0.431 e. The number of carbonyl (C=O) groups is 2. The van der Waals surface area contributed by atoms with Gasteiger partial charge in [-0.05, 0) is 19.8 Å². The van der Waals surface area contributed by atoms with Crippen LogP contribution < -0.4 is 0 Å². The molecule has 0 amide bonds. The lowest BCUT2D eigenvalue weighted by Gasteiger charge is -2.30. The number of hydrogen-bond acceptors (Lipinski definition) is 7. The average Bonchev–Trinajstić information content (AvgIpc) is 3.08. The Morgan fingerprint density at radius 3 is 2.14 bits per heavy atom. The van der Waals surface area contributed by atoms with Crippen LogP contribution in [-0.4, -0.2) is 55.1 Å². The minimum absolute atomic E-state index is 0.171. The van der Waals surface area contributed by atoms with Gasteiger partial charge in [0.15, 0.2) is 0 Å². The highest BCUT2D eigenvalue weighted by atomic mass is 32.2. The molecule has 1 aliphatic carbocycles. The molecule has 0 bridgehead atoms. The second-order valence-corrected chi connectivity index (χ2v) is 7.83. The van der Waals surface area contributed by atoms with Crippen molar-refractivity contribution in [2.24, 2.45) is 5.92 Å². The number of ether oxygens (including phenoxy) is 3. The summed E-state index contributed by atoms with van der Waals surface area (Å²) in [6, 6.07) is 0. The van der Waals surface area contributed by atoms with Crippen molar-refractivity contribution >= 4 is 22.1 Å². The highest BCUT2D eigenvalue weighted by Crippen LogP contribution is 2.41. The summed E-state index contributed by atoms with van der Waals surface area (Å²) in [5.41, 5.74) is 0. The Balaban J connectivity index is 2.87. The van der Waals surface area contributed by atoms with Gasteiger partial charge in [0.2, 0.25) is 0 Å². The lowest BCUT2D eigenvalue weighted by atomic mass is 10.1. The quantitative estimate of drug-likeness (QED) is 0.239. The van der Waals surface area contributed by atoms with E-state index in [1.165, 1.54) is 6.92 Å². The molecule has 1 saturated carbocycles. The van der Waals surface area contributed by atoms with Crippen molar-refractivity contribution in [2.75, 3.05) is 13.2 Å². The van der Waals surface area contributed by atoms with Gasteiger partial charge in [0, 0.05) is 13.3 Å². The van der Waals surface area contributed by atoms with Gasteiger partial charge < -0.3 is 14.2 Å². The molecule has 1 unspecified atom stereocenters. The molecule has 1 atom stereocenters. The molecule has 1 aliphatic rings. The molecule has 0 aromatic carbocycles. The molecule has 13 heteroatoms. The van der Waals surface area contributed by atoms with Crippen LogP contribution in [-0.2, 0) is 33.9 Å². The molecule has 164 valence electrons. The first-order valence-electron chi connectivity index (χ1n) is 8.44. The minimum atomic E-state index is -6.40. The summed E-state index contributed by atoms with van der Waals surface area (Å²) < 4.78 is 97.2. The molecule has 1 N–H and O–H groups in total. The van der Waals surface area contributed by atoms with Crippen molar-refractivity contribution in [3.8, 4) is 0 Å². The first-order valence-corrected chi connectivity index (χ1v) is 9.88. The van der Waals surface area contributed by atoms with Gasteiger partial charge in [0.25, 0.3) is 0 Å². The van der Waals surface area contributed by atoms with E-state index in [1.807, 2.05) is 0 Å². The maximum absolute atomic E-state index is 13.5. The maximum atomic E-state index is 13.5. The molecule has 0 aromatic heterocycles. The van der Waals surface area contributed by atoms with Crippen molar-refractivity contribution in [3.63, 3.8) is 0 Å². The molecule has 0 saturated heterocycles. The van der Waals surface area contributed by atoms with Crippen LogP contribution in [0.25, 0.3) is 0 Å². The Labute approximate surface area is 159 Å². The van der Waals surface area contributed by atoms with E-state index in [9.17, 15) is 35.6 Å². The van der Waals surface area contributed by atoms with E-state index in [-0.39, 0.29) is 6.61 Å². The fourth-order valence-electron chi connectivity index (χ4n) is 2.54. The lowest BCUT2D eigenvalue weighted by Crippen LogP contribution is -2.49. The zero-order valence-corrected chi connectivity index (χ0v) is 16.1. The van der Waals surface area contributed by atoms with Crippen LogP contribution in [0.4, 0.5) is 17.6 Å². The van der Waals surface area contributed by atoms with Crippen LogP contribution in [0.5, 0.6) is 0 Å². The van der Waals surface area contributed by atoms with E-state index in [0.717, 1.165) is 19.8 Å². The first kappa shape index (κ1) is 24.6. The minimum Gasteiger partial charge on any atom is -0.461 e. The molecule has 1 rings (SSSR count). The first-order chi connectivity index (χ1) is 12.7. The Kier molecular flexibility index (Phi) is 7.81. The Morgan fingerprint density at radius 2 is 1.68 bits per heavy atom. The average molecular weight is 438 g/mol. The standard InChI is InChI=1S/C15H22F4O8S/c1-3-25-12(21)13(2,27-11(20)10-6-4-5-7-10)26-9-8-14(16,17)15(18,19)28(22,23)24/h10H,3-9H2,1-2H3,(H,22,23,24). The van der Waals surface area contributed by atoms with Gasteiger partial charge in [-0.2, -0.15) is 26.0 Å². The number of halogens is 4. The van der Waals surface area contributed by atoms with E-state index in [1.54, 1.807) is 0 Å². The van der Waals surface area contributed by atoms with Crippen LogP contribution in [0.3, 0.4) is 0 Å². The number of esters is 2. The van der Waals surface area contributed by atoms with E-state index in [2.05, 4.69) is 4.74 Å². The summed E-state index contributed by atoms with van der Waals surface area (Å²) >= 11 is 0. The van der Waals surface area contributed by atoms with Gasteiger partial charge >= 0.3 is 39.0 Å². The van der Waals surface area contributed by atoms with E-state index >= 15 is 0 Å². The molecular weight excluding hydrogens is 416 g/mol. The second-order valence-electron chi connectivity index (χ2n) is 6.36. The third-order valence-electron chi connectivity index (χ3n) is 4.17. The summed E-state index contributed by atoms with van der Waals surface area (Å²) in [5, 5.41) is -5.77. The van der Waals surface area contributed by atoms with E-state index < -0.39 is 58.0 Å². The molecule has 1 fully saturated rings. The largest absolute Gasteiger partial charge is 0.461 e. The topological polar surface area (TPSA) is 116 Å². The zero-order chi connectivity index (χ0) is 21.8. The van der Waals surface area contributed by atoms with Crippen LogP contribution in [0.2, 0.25) is 0 Å². The predicted octanol–water partition coefficient (Wildman–Crippen LogP) is 2.52. The summed E-state index contributed by atoms with van der Waals surface area (Å²) in [6.45, 7) is 0.843. The Morgan fingerprint density at radius 1 is 1.14 bits per heavy atom. The summed E-state index contributed by atoms with van der Waals surface area (Å²) in [5.74, 6) is -10.3. The van der Waals surface area contributed by atoms with Crippen molar-refractivity contribution < 1.29 is 54.3 Å². The van der Waals surface area contributed by atoms with Gasteiger partial charge in [0.1, 0.15) is 0 Å². The molecule has 8 nitrogen and oxygen atoms in total. The molecule has 0 radical (unpaired) electrons. The normalized spacial score (nSPS) is 18.5. The number of alkyl halides is 4. The highest BCUT2D eigenvalue weighted by Gasteiger charge is 2.65. The SMILES string of the molecule is CCOC(=O)C(C)(OCCC(F)(F)C(F)(F)S(=O)(=O)O)OC(=O)C1CCCC1. The fourth-order valence-corrected chi connectivity index (χ4v) is 3.02. The van der Waals surface area contributed by atoms with E-state index in [0.29, 0.717) is 12.8 Å². The third-order valence-corrected chi connectivity index (χ3v) is 5.12. The zero-order valence-electron chi connectivity index (χ0n) is 15.3. The molecule has 28 heavy (non-hydrogen) atoms. The van der Waals surface area contributed by atoms with E-state index in [4.69, 9.17) is 14.0 Å². The van der Waals surface area contributed by atoms with Crippen molar-refractivity contribution in [1.29, 1.82) is 0 Å². The Hall–Kier alpha value is -1.47. The van der Waals surface area contributed by atoms with Gasteiger partial charge in [-0.3, -0.25) is 9.35 Å². The molecule has 0 aromatic rings. The highest BCUT2D eigenvalue weighted by molar-refractivity contribution is 7.87. The molecule has 0 aliphatic heterocycles. The van der Waals surface area contributed by atoms with Gasteiger partial charge in [0.05, 0.1) is 19.1 Å². The van der Waals surface area contributed by atoms with Crippen LogP contribution in [0, 0.1) is 5.92 Å². The molecule has 0 spiro atoms. The van der Waals surface area contributed by atoms with Gasteiger partial charge in [-0.15, -0.1) is 0 Å². The molecule has 0 heterocycles. The number of rotatable bonds is 10. The number of carbonyl (C=O) groups excluding carboxylic acids is 2.